The molecular formula is C8H15O6P. The van der Waals surface area contributed by atoms with Crippen molar-refractivity contribution in [1.29, 1.82) is 0 Å². The molecule has 0 heterocycles. The lowest BCUT2D eigenvalue weighted by Gasteiger charge is -2.17. The van der Waals surface area contributed by atoms with Crippen molar-refractivity contribution in [2.75, 3.05) is 0 Å². The molecule has 0 aliphatic heterocycles. The summed E-state index contributed by atoms with van der Waals surface area (Å²) in [5, 5.41) is 0. The Hall–Kier alpha value is -0.680. The van der Waals surface area contributed by atoms with Crippen LogP contribution >= 0.6 is 7.82 Å². The van der Waals surface area contributed by atoms with Gasteiger partial charge in [-0.15, -0.1) is 0 Å². The third-order valence-corrected chi connectivity index (χ3v) is 2.10. The van der Waals surface area contributed by atoms with Crippen LogP contribution < -0.4 is 0 Å². The van der Waals surface area contributed by atoms with Crippen LogP contribution in [0.3, 0.4) is 0 Å². The fourth-order valence-corrected chi connectivity index (χ4v) is 1.59. The van der Waals surface area contributed by atoms with Gasteiger partial charge in [-0.1, -0.05) is 6.58 Å². The summed E-state index contributed by atoms with van der Waals surface area (Å²) >= 11 is 0. The molecule has 7 heteroatoms. The summed E-state index contributed by atoms with van der Waals surface area (Å²) in [6.45, 7) is 6.30. The van der Waals surface area contributed by atoms with Crippen molar-refractivity contribution < 1.29 is 28.4 Å². The van der Waals surface area contributed by atoms with Gasteiger partial charge in [-0.2, -0.15) is 0 Å². The van der Waals surface area contributed by atoms with Crippen LogP contribution in [0, 0.1) is 0 Å². The molecule has 0 aromatic rings. The van der Waals surface area contributed by atoms with Crippen LogP contribution in [0.25, 0.3) is 0 Å². The van der Waals surface area contributed by atoms with Crippen molar-refractivity contribution in [2.45, 2.75) is 32.5 Å². The lowest BCUT2D eigenvalue weighted by Crippen LogP contribution is -2.20. The van der Waals surface area contributed by atoms with Gasteiger partial charge in [0.2, 0.25) is 0 Å². The number of carbonyl (C=O) groups excluding carboxylic acids is 1. The number of rotatable bonds is 6. The summed E-state index contributed by atoms with van der Waals surface area (Å²) in [4.78, 5) is 27.7. The van der Waals surface area contributed by atoms with Gasteiger partial charge in [-0.05, 0) is 13.8 Å². The highest BCUT2D eigenvalue weighted by molar-refractivity contribution is 7.46. The maximum Gasteiger partial charge on any atom is 0.469 e. The molecule has 15 heavy (non-hydrogen) atoms. The van der Waals surface area contributed by atoms with Crippen LogP contribution in [0.15, 0.2) is 12.7 Å². The Bertz CT molecular complexity index is 270. The van der Waals surface area contributed by atoms with Crippen LogP contribution in [-0.2, 0) is 18.6 Å². The number of hydrogen-bond donors (Lipinski definition) is 2. The van der Waals surface area contributed by atoms with Gasteiger partial charge in [0.15, 0.2) is 0 Å². The lowest BCUT2D eigenvalue weighted by molar-refractivity contribution is -0.143. The Morgan fingerprint density at radius 2 is 2.00 bits per heavy atom. The lowest BCUT2D eigenvalue weighted by atomic mass is 10.2. The fourth-order valence-electron chi connectivity index (χ4n) is 1.04. The van der Waals surface area contributed by atoms with Crippen LogP contribution in [-0.4, -0.2) is 28.0 Å². The highest BCUT2D eigenvalue weighted by Crippen LogP contribution is 2.38. The van der Waals surface area contributed by atoms with E-state index >= 15 is 0 Å². The summed E-state index contributed by atoms with van der Waals surface area (Å²) in [7, 11) is -4.48. The van der Waals surface area contributed by atoms with Crippen molar-refractivity contribution in [3.8, 4) is 0 Å². The zero-order chi connectivity index (χ0) is 12.1. The van der Waals surface area contributed by atoms with Crippen molar-refractivity contribution in [2.24, 2.45) is 0 Å². The molecule has 0 saturated carbocycles. The minimum atomic E-state index is -4.48. The Morgan fingerprint density at radius 3 is 2.40 bits per heavy atom. The van der Waals surface area contributed by atoms with E-state index in [1.54, 1.807) is 6.92 Å². The van der Waals surface area contributed by atoms with Gasteiger partial charge in [-0.25, -0.2) is 9.36 Å². The van der Waals surface area contributed by atoms with E-state index < -0.39 is 26.0 Å². The highest BCUT2D eigenvalue weighted by atomic mass is 31.2. The monoisotopic (exact) mass is 238 g/mol. The molecule has 0 aromatic carbocycles. The molecule has 0 amide bonds. The molecule has 0 radical (unpaired) electrons. The third kappa shape index (κ3) is 8.32. The number of carbonyl (C=O) groups is 1. The van der Waals surface area contributed by atoms with E-state index in [-0.39, 0.29) is 6.42 Å². The number of phosphoric acid groups is 1. The van der Waals surface area contributed by atoms with E-state index in [1.807, 2.05) is 0 Å². The van der Waals surface area contributed by atoms with Crippen molar-refractivity contribution in [3.05, 3.63) is 12.7 Å². The zero-order valence-corrected chi connectivity index (χ0v) is 9.52. The van der Waals surface area contributed by atoms with E-state index in [0.29, 0.717) is 0 Å². The Labute approximate surface area is 88.1 Å². The summed E-state index contributed by atoms with van der Waals surface area (Å²) in [6, 6.07) is 0. The summed E-state index contributed by atoms with van der Waals surface area (Å²) < 4.78 is 19.6. The van der Waals surface area contributed by atoms with Gasteiger partial charge in [-0.3, -0.25) is 4.52 Å². The number of phosphoric ester groups is 1. The van der Waals surface area contributed by atoms with E-state index in [9.17, 15) is 9.36 Å². The maximum atomic E-state index is 10.8. The molecule has 2 N–H and O–H groups in total. The Kier molecular flexibility index (Phi) is 5.75. The Morgan fingerprint density at radius 1 is 1.47 bits per heavy atom. The fraction of sp³-hybridized carbons (Fsp3) is 0.625. The second-order valence-electron chi connectivity index (χ2n) is 3.09. The minimum Gasteiger partial charge on any atom is -0.459 e. The molecule has 0 aliphatic rings. The molecule has 0 saturated heterocycles. The first-order chi connectivity index (χ1) is 6.74. The summed E-state index contributed by atoms with van der Waals surface area (Å²) in [5.74, 6) is -0.578. The van der Waals surface area contributed by atoms with Crippen LogP contribution in [0.5, 0.6) is 0 Å². The van der Waals surface area contributed by atoms with Gasteiger partial charge in [0.1, 0.15) is 6.10 Å². The van der Waals surface area contributed by atoms with Crippen LogP contribution in [0.4, 0.5) is 0 Å². The molecule has 6 nitrogen and oxygen atoms in total. The second-order valence-corrected chi connectivity index (χ2v) is 4.29. The van der Waals surface area contributed by atoms with E-state index in [2.05, 4.69) is 11.1 Å². The van der Waals surface area contributed by atoms with Gasteiger partial charge in [0, 0.05) is 12.5 Å². The molecule has 0 spiro atoms. The molecule has 0 rings (SSSR count). The first kappa shape index (κ1) is 14.3. The standard InChI is InChI=1S/C8H15O6P/c1-4-8(9)13-6(2)5-7(3)14-15(10,11)12/h4,6-7H,1,5H2,2-3H3,(H2,10,11,12). The van der Waals surface area contributed by atoms with E-state index in [1.165, 1.54) is 6.92 Å². The van der Waals surface area contributed by atoms with E-state index in [4.69, 9.17) is 14.5 Å². The number of esters is 1. The summed E-state index contributed by atoms with van der Waals surface area (Å²) in [6.07, 6.45) is 0.0332. The number of ether oxygens (including phenoxy) is 1. The SMILES string of the molecule is C=CC(=O)OC(C)CC(C)OP(=O)(O)O. The van der Waals surface area contributed by atoms with Gasteiger partial charge >= 0.3 is 13.8 Å². The predicted octanol–water partition coefficient (Wildman–Crippen LogP) is 0.992. The summed E-state index contributed by atoms with van der Waals surface area (Å²) in [5.41, 5.74) is 0. The van der Waals surface area contributed by atoms with Crippen molar-refractivity contribution in [1.82, 2.24) is 0 Å². The zero-order valence-electron chi connectivity index (χ0n) is 8.62. The molecular weight excluding hydrogens is 223 g/mol. The second kappa shape index (κ2) is 6.02. The van der Waals surface area contributed by atoms with Gasteiger partial charge in [0.25, 0.3) is 0 Å². The Balaban J connectivity index is 3.96. The molecule has 2 unspecified atom stereocenters. The first-order valence-electron chi connectivity index (χ1n) is 4.31. The minimum absolute atomic E-state index is 0.199. The molecule has 88 valence electrons. The van der Waals surface area contributed by atoms with Gasteiger partial charge in [0.05, 0.1) is 6.10 Å². The largest absolute Gasteiger partial charge is 0.469 e. The average Bonchev–Trinajstić information content (AvgIpc) is 1.99. The molecule has 0 fully saturated rings. The van der Waals surface area contributed by atoms with E-state index in [0.717, 1.165) is 6.08 Å². The molecule has 0 aliphatic carbocycles. The predicted molar refractivity (Wildman–Crippen MR) is 53.0 cm³/mol. The molecule has 2 atom stereocenters. The average molecular weight is 238 g/mol. The first-order valence-corrected chi connectivity index (χ1v) is 5.84. The van der Waals surface area contributed by atoms with Crippen molar-refractivity contribution in [3.63, 3.8) is 0 Å². The topological polar surface area (TPSA) is 93.1 Å². The van der Waals surface area contributed by atoms with Crippen molar-refractivity contribution >= 4 is 13.8 Å². The smallest absolute Gasteiger partial charge is 0.459 e. The third-order valence-electron chi connectivity index (χ3n) is 1.47. The maximum absolute atomic E-state index is 10.8. The van der Waals surface area contributed by atoms with Crippen LogP contribution in [0.1, 0.15) is 20.3 Å². The quantitative estimate of drug-likeness (QED) is 0.407. The number of hydrogen-bond acceptors (Lipinski definition) is 4. The van der Waals surface area contributed by atoms with Crippen LogP contribution in [0.2, 0.25) is 0 Å². The normalized spacial score (nSPS) is 15.5. The van der Waals surface area contributed by atoms with Gasteiger partial charge < -0.3 is 14.5 Å². The highest BCUT2D eigenvalue weighted by Gasteiger charge is 2.21. The molecule has 0 aromatic heterocycles. The molecule has 0 bridgehead atoms.